The zero-order valence-electron chi connectivity index (χ0n) is 19.0. The standard InChI is InChI=1S/C23H34N2O6/c1-14(2)21(25-22(27)16-10-18(29-4)12-19(11-16)30-5)23(28)31-13-20(26)24-17-8-6-15(3)7-9-17/h10-12,14-15,17,21H,6-9,13H2,1-5H3,(H,24,26)(H,25,27). The predicted octanol–water partition coefficient (Wildman–Crippen LogP) is 2.70. The third-order valence-electron chi connectivity index (χ3n) is 5.55. The molecule has 0 spiro atoms. The third-order valence-corrected chi connectivity index (χ3v) is 5.55. The zero-order valence-corrected chi connectivity index (χ0v) is 19.0. The first-order chi connectivity index (χ1) is 14.7. The molecule has 1 aromatic rings. The van der Waals surface area contributed by atoms with Gasteiger partial charge in [0.25, 0.3) is 11.8 Å². The van der Waals surface area contributed by atoms with Crippen molar-refractivity contribution in [3.8, 4) is 11.5 Å². The van der Waals surface area contributed by atoms with Gasteiger partial charge in [-0.15, -0.1) is 0 Å². The second-order valence-electron chi connectivity index (χ2n) is 8.43. The number of benzene rings is 1. The predicted molar refractivity (Wildman–Crippen MR) is 116 cm³/mol. The minimum atomic E-state index is -0.895. The van der Waals surface area contributed by atoms with E-state index in [2.05, 4.69) is 17.6 Å². The molecule has 172 valence electrons. The van der Waals surface area contributed by atoms with Crippen molar-refractivity contribution >= 4 is 17.8 Å². The Kier molecular flexibility index (Phi) is 9.15. The summed E-state index contributed by atoms with van der Waals surface area (Å²) in [6.45, 7) is 5.43. The summed E-state index contributed by atoms with van der Waals surface area (Å²) in [7, 11) is 2.98. The van der Waals surface area contributed by atoms with E-state index in [0.717, 1.165) is 25.7 Å². The van der Waals surface area contributed by atoms with Crippen molar-refractivity contribution in [1.82, 2.24) is 10.6 Å². The second-order valence-corrected chi connectivity index (χ2v) is 8.43. The minimum absolute atomic E-state index is 0.131. The molecule has 1 aliphatic carbocycles. The molecule has 0 aromatic heterocycles. The van der Waals surface area contributed by atoms with Crippen LogP contribution in [0.4, 0.5) is 0 Å². The van der Waals surface area contributed by atoms with E-state index >= 15 is 0 Å². The maximum Gasteiger partial charge on any atom is 0.329 e. The number of rotatable bonds is 9. The highest BCUT2D eigenvalue weighted by atomic mass is 16.5. The van der Waals surface area contributed by atoms with E-state index in [-0.39, 0.29) is 24.5 Å². The minimum Gasteiger partial charge on any atom is -0.497 e. The summed E-state index contributed by atoms with van der Waals surface area (Å²) in [6, 6.07) is 3.99. The smallest absolute Gasteiger partial charge is 0.329 e. The Morgan fingerprint density at radius 1 is 1.00 bits per heavy atom. The van der Waals surface area contributed by atoms with Gasteiger partial charge >= 0.3 is 5.97 Å². The number of ether oxygens (including phenoxy) is 3. The van der Waals surface area contributed by atoms with Crippen molar-refractivity contribution in [1.29, 1.82) is 0 Å². The molecule has 2 amide bonds. The highest BCUT2D eigenvalue weighted by Crippen LogP contribution is 2.24. The molecule has 1 unspecified atom stereocenters. The lowest BCUT2D eigenvalue weighted by molar-refractivity contribution is -0.151. The van der Waals surface area contributed by atoms with Crippen LogP contribution in [-0.4, -0.2) is 50.7 Å². The number of hydrogen-bond donors (Lipinski definition) is 2. The first-order valence-corrected chi connectivity index (χ1v) is 10.7. The van der Waals surface area contributed by atoms with Gasteiger partial charge in [-0.1, -0.05) is 20.8 Å². The van der Waals surface area contributed by atoms with Crippen LogP contribution in [0, 0.1) is 11.8 Å². The van der Waals surface area contributed by atoms with Crippen LogP contribution in [0.5, 0.6) is 11.5 Å². The van der Waals surface area contributed by atoms with Crippen LogP contribution in [0.1, 0.15) is 56.8 Å². The van der Waals surface area contributed by atoms with E-state index in [1.165, 1.54) is 14.2 Å². The van der Waals surface area contributed by atoms with Crippen molar-refractivity contribution in [3.05, 3.63) is 23.8 Å². The quantitative estimate of drug-likeness (QED) is 0.580. The molecule has 1 aliphatic rings. The summed E-state index contributed by atoms with van der Waals surface area (Å²) in [5, 5.41) is 5.61. The summed E-state index contributed by atoms with van der Waals surface area (Å²) >= 11 is 0. The van der Waals surface area contributed by atoms with E-state index in [0.29, 0.717) is 23.0 Å². The van der Waals surface area contributed by atoms with E-state index < -0.39 is 17.9 Å². The van der Waals surface area contributed by atoms with Gasteiger partial charge in [-0.3, -0.25) is 9.59 Å². The lowest BCUT2D eigenvalue weighted by atomic mass is 9.87. The Morgan fingerprint density at radius 3 is 2.10 bits per heavy atom. The first-order valence-electron chi connectivity index (χ1n) is 10.7. The average Bonchev–Trinajstić information content (AvgIpc) is 2.76. The number of methoxy groups -OCH3 is 2. The molecule has 8 heteroatoms. The van der Waals surface area contributed by atoms with E-state index in [1.807, 2.05) is 0 Å². The van der Waals surface area contributed by atoms with Crippen LogP contribution < -0.4 is 20.1 Å². The van der Waals surface area contributed by atoms with Crippen molar-refractivity contribution in [2.75, 3.05) is 20.8 Å². The Labute approximate surface area is 184 Å². The molecule has 0 radical (unpaired) electrons. The van der Waals surface area contributed by atoms with E-state index in [1.54, 1.807) is 32.0 Å². The fraction of sp³-hybridized carbons (Fsp3) is 0.609. The Bertz CT molecular complexity index is 749. The van der Waals surface area contributed by atoms with E-state index in [9.17, 15) is 14.4 Å². The molecule has 8 nitrogen and oxygen atoms in total. The van der Waals surface area contributed by atoms with Crippen molar-refractivity contribution in [3.63, 3.8) is 0 Å². The molecular formula is C23H34N2O6. The maximum atomic E-state index is 12.7. The van der Waals surface area contributed by atoms with Crippen LogP contribution in [0.25, 0.3) is 0 Å². The monoisotopic (exact) mass is 434 g/mol. The van der Waals surface area contributed by atoms with Crippen LogP contribution >= 0.6 is 0 Å². The molecule has 1 saturated carbocycles. The largest absolute Gasteiger partial charge is 0.497 e. The number of carbonyl (C=O) groups excluding carboxylic acids is 3. The van der Waals surface area contributed by atoms with Gasteiger partial charge in [-0.2, -0.15) is 0 Å². The molecule has 0 heterocycles. The average molecular weight is 435 g/mol. The Balaban J connectivity index is 1.93. The van der Waals surface area contributed by atoms with Gasteiger partial charge in [0, 0.05) is 17.7 Å². The number of esters is 1. The van der Waals surface area contributed by atoms with Crippen molar-refractivity contribution in [2.24, 2.45) is 11.8 Å². The van der Waals surface area contributed by atoms with Crippen LogP contribution in [0.15, 0.2) is 18.2 Å². The summed E-state index contributed by atoms with van der Waals surface area (Å²) in [5.41, 5.74) is 0.291. The Hall–Kier alpha value is -2.77. The van der Waals surface area contributed by atoms with Gasteiger partial charge in [0.05, 0.1) is 14.2 Å². The molecule has 1 atom stereocenters. The molecule has 1 fully saturated rings. The van der Waals surface area contributed by atoms with Gasteiger partial charge in [0.1, 0.15) is 17.5 Å². The summed E-state index contributed by atoms with van der Waals surface area (Å²) in [4.78, 5) is 37.5. The highest BCUT2D eigenvalue weighted by Gasteiger charge is 2.28. The topological polar surface area (TPSA) is 103 Å². The molecule has 0 saturated heterocycles. The molecule has 1 aromatic carbocycles. The molecule has 0 aliphatic heterocycles. The van der Waals surface area contributed by atoms with Crippen molar-refractivity contribution in [2.45, 2.75) is 58.5 Å². The second kappa shape index (κ2) is 11.6. The summed E-state index contributed by atoms with van der Waals surface area (Å²) in [5.74, 6) is -0.0554. The van der Waals surface area contributed by atoms with Gasteiger partial charge in [-0.05, 0) is 49.7 Å². The SMILES string of the molecule is COc1cc(OC)cc(C(=O)NC(C(=O)OCC(=O)NC2CCC(C)CC2)C(C)C)c1. The molecule has 2 N–H and O–H groups in total. The Morgan fingerprint density at radius 2 is 1.58 bits per heavy atom. The normalized spacial score (nSPS) is 19.3. The van der Waals surface area contributed by atoms with Crippen LogP contribution in [0.3, 0.4) is 0 Å². The maximum absolute atomic E-state index is 12.7. The summed E-state index contributed by atoms with van der Waals surface area (Å²) in [6.07, 6.45) is 4.05. The third kappa shape index (κ3) is 7.45. The summed E-state index contributed by atoms with van der Waals surface area (Å²) < 4.78 is 15.6. The van der Waals surface area contributed by atoms with Crippen molar-refractivity contribution < 1.29 is 28.6 Å². The number of amides is 2. The number of hydrogen-bond acceptors (Lipinski definition) is 6. The molecule has 31 heavy (non-hydrogen) atoms. The molecule has 2 rings (SSSR count). The molecular weight excluding hydrogens is 400 g/mol. The van der Waals surface area contributed by atoms with Crippen LogP contribution in [-0.2, 0) is 14.3 Å². The highest BCUT2D eigenvalue weighted by molar-refractivity contribution is 5.97. The molecule has 0 bridgehead atoms. The first kappa shape index (κ1) is 24.5. The van der Waals surface area contributed by atoms with E-state index in [4.69, 9.17) is 14.2 Å². The van der Waals surface area contributed by atoms with Gasteiger partial charge < -0.3 is 24.8 Å². The van der Waals surface area contributed by atoms with Gasteiger partial charge in [-0.25, -0.2) is 4.79 Å². The number of nitrogens with one attached hydrogen (secondary N) is 2. The lowest BCUT2D eigenvalue weighted by Gasteiger charge is -2.27. The van der Waals surface area contributed by atoms with Gasteiger partial charge in [0.2, 0.25) is 0 Å². The fourth-order valence-electron chi connectivity index (χ4n) is 3.56. The zero-order chi connectivity index (χ0) is 23.0. The lowest BCUT2D eigenvalue weighted by Crippen LogP contribution is -2.46. The van der Waals surface area contributed by atoms with Crippen LogP contribution in [0.2, 0.25) is 0 Å². The number of carbonyl (C=O) groups is 3. The van der Waals surface area contributed by atoms with Gasteiger partial charge in [0.15, 0.2) is 6.61 Å². The fourth-order valence-corrected chi connectivity index (χ4v) is 3.56.